The van der Waals surface area contributed by atoms with Crippen LogP contribution in [0.3, 0.4) is 0 Å². The van der Waals surface area contributed by atoms with Gasteiger partial charge in [0.1, 0.15) is 6.04 Å². The van der Waals surface area contributed by atoms with E-state index in [1.54, 1.807) is 0 Å². The zero-order valence-electron chi connectivity index (χ0n) is 19.3. The monoisotopic (exact) mass is 458 g/mol. The van der Waals surface area contributed by atoms with E-state index in [1.165, 1.54) is 44.9 Å². The van der Waals surface area contributed by atoms with Crippen LogP contribution in [-0.2, 0) is 14.4 Å². The third-order valence-electron chi connectivity index (χ3n) is 5.41. The highest BCUT2D eigenvalue weighted by Crippen LogP contribution is 2.13. The van der Waals surface area contributed by atoms with E-state index in [1.807, 2.05) is 0 Å². The van der Waals surface area contributed by atoms with Crippen LogP contribution in [0.4, 0.5) is 0 Å². The van der Waals surface area contributed by atoms with Crippen molar-refractivity contribution in [1.29, 1.82) is 5.53 Å². The zero-order valence-corrected chi connectivity index (χ0v) is 19.3. The molecule has 1 atom stereocenters. The summed E-state index contributed by atoms with van der Waals surface area (Å²) in [6, 6.07) is -1.10. The van der Waals surface area contributed by atoms with E-state index in [-0.39, 0.29) is 31.7 Å². The predicted molar refractivity (Wildman–Crippen MR) is 119 cm³/mol. The molecule has 0 spiro atoms. The molecule has 0 rings (SSSR count). The first-order chi connectivity index (χ1) is 15.4. The minimum absolute atomic E-state index is 0.0350. The lowest BCUT2D eigenvalue weighted by Crippen LogP contribution is -2.42. The Morgan fingerprint density at radius 2 is 1.16 bits per heavy atom. The van der Waals surface area contributed by atoms with E-state index >= 15 is 0 Å². The summed E-state index contributed by atoms with van der Waals surface area (Å²) < 4.78 is 0. The van der Waals surface area contributed by atoms with Gasteiger partial charge >= 0.3 is 11.9 Å². The first kappa shape index (κ1) is 29.8. The number of aliphatic carboxylic acids is 2. The van der Waals surface area contributed by atoms with Crippen LogP contribution in [0, 0.1) is 5.53 Å². The Kier molecular flexibility index (Phi) is 19.2. The van der Waals surface area contributed by atoms with E-state index in [9.17, 15) is 14.4 Å². The normalized spacial score (nSPS) is 11.7. The fourth-order valence-corrected chi connectivity index (χ4v) is 3.50. The molecule has 1 amide bonds. The molecule has 0 aromatic rings. The van der Waals surface area contributed by atoms with Gasteiger partial charge in [0.15, 0.2) is 0 Å². The van der Waals surface area contributed by atoms with Crippen LogP contribution < -0.4 is 5.32 Å². The van der Waals surface area contributed by atoms with E-state index in [0.717, 1.165) is 44.9 Å². The molecule has 0 heterocycles. The molecule has 5 N–H and O–H groups in total. The lowest BCUT2D eigenvalue weighted by atomic mass is 10.0. The minimum atomic E-state index is -1.17. The molecule has 186 valence electrons. The number of hydroxylamine groups is 1. The maximum absolute atomic E-state index is 11.9. The molecule has 0 radical (unpaired) electrons. The van der Waals surface area contributed by atoms with E-state index < -0.39 is 18.0 Å². The number of carboxylic acids is 2. The first-order valence-corrected chi connectivity index (χ1v) is 11.9. The molecular formula is C22H42N4O6. The maximum atomic E-state index is 11.9. The van der Waals surface area contributed by atoms with Crippen molar-refractivity contribution < 1.29 is 29.8 Å². The van der Waals surface area contributed by atoms with Gasteiger partial charge < -0.3 is 15.5 Å². The molecule has 10 nitrogen and oxygen atoms in total. The van der Waals surface area contributed by atoms with Gasteiger partial charge in [-0.2, -0.15) is 10.7 Å². The number of nitrogens with one attached hydrogen (secondary N) is 2. The van der Waals surface area contributed by atoms with Gasteiger partial charge in [-0.25, -0.2) is 4.79 Å². The van der Waals surface area contributed by atoms with E-state index in [0.29, 0.717) is 5.17 Å². The Bertz CT molecular complexity index is 533. The van der Waals surface area contributed by atoms with Gasteiger partial charge in [-0.1, -0.05) is 82.3 Å². The zero-order chi connectivity index (χ0) is 24.0. The highest BCUT2D eigenvalue weighted by atomic mass is 16.5. The van der Waals surface area contributed by atoms with Crippen molar-refractivity contribution in [3.63, 3.8) is 0 Å². The lowest BCUT2D eigenvalue weighted by molar-refractivity contribution is -0.144. The highest BCUT2D eigenvalue weighted by Gasteiger charge is 2.20. The molecule has 0 fully saturated rings. The number of amides is 1. The van der Waals surface area contributed by atoms with Crippen LogP contribution in [0.2, 0.25) is 0 Å². The largest absolute Gasteiger partial charge is 0.481 e. The van der Waals surface area contributed by atoms with Gasteiger partial charge in [0.05, 0.1) is 6.54 Å². The topological polar surface area (TPSA) is 163 Å². The maximum Gasteiger partial charge on any atom is 0.326 e. The smallest absolute Gasteiger partial charge is 0.326 e. The average Bonchev–Trinajstić information content (AvgIpc) is 2.75. The Morgan fingerprint density at radius 1 is 0.750 bits per heavy atom. The molecule has 0 aliphatic carbocycles. The standard InChI is InChI=1S/C22H42N4O6/c23-25-26(32)18-17-19(22(30)31)24-20(27)15-13-11-9-7-5-3-1-2-4-6-8-10-12-14-16-21(28)29/h19,23,32H,1-18H2,(H,24,27)(H,28,29)(H,30,31)/t19-/m0/s1. The van der Waals surface area contributed by atoms with Crippen molar-refractivity contribution in [1.82, 2.24) is 10.5 Å². The number of rotatable bonds is 23. The third-order valence-corrected chi connectivity index (χ3v) is 5.41. The van der Waals surface area contributed by atoms with Crippen LogP contribution in [0.5, 0.6) is 0 Å². The Morgan fingerprint density at radius 3 is 1.53 bits per heavy atom. The molecule has 0 aliphatic heterocycles. The number of carbonyl (C=O) groups is 3. The predicted octanol–water partition coefficient (Wildman–Crippen LogP) is 4.91. The Hall–Kier alpha value is -2.23. The van der Waals surface area contributed by atoms with Gasteiger partial charge in [0, 0.05) is 19.3 Å². The molecule has 0 saturated heterocycles. The van der Waals surface area contributed by atoms with Crippen molar-refractivity contribution in [3.8, 4) is 0 Å². The summed E-state index contributed by atoms with van der Waals surface area (Å²) in [5.74, 6) is -2.19. The molecule has 0 aromatic carbocycles. The van der Waals surface area contributed by atoms with Crippen molar-refractivity contribution in [2.45, 2.75) is 115 Å². The summed E-state index contributed by atoms with van der Waals surface area (Å²) in [5, 5.41) is 32.3. The lowest BCUT2D eigenvalue weighted by Gasteiger charge is -2.16. The number of nitrogens with zero attached hydrogens (tertiary/aromatic N) is 2. The number of carboxylic acid groups (broad SMARTS) is 2. The summed E-state index contributed by atoms with van der Waals surface area (Å²) in [7, 11) is 0. The number of hydrogen-bond donors (Lipinski definition) is 5. The Balaban J connectivity index is 3.48. The number of unbranched alkanes of at least 4 members (excludes halogenated alkanes) is 13. The molecular weight excluding hydrogens is 416 g/mol. The summed E-state index contributed by atoms with van der Waals surface area (Å²) in [6.07, 6.45) is 15.9. The molecule has 0 aromatic heterocycles. The second-order valence-corrected chi connectivity index (χ2v) is 8.29. The SMILES string of the molecule is N=NN(O)CC[C@H](NC(=O)CCCCCCCCCCCCCCCCC(=O)O)C(=O)O. The summed E-state index contributed by atoms with van der Waals surface area (Å²) in [4.78, 5) is 33.5. The molecule has 0 unspecified atom stereocenters. The van der Waals surface area contributed by atoms with Crippen LogP contribution in [0.15, 0.2) is 5.22 Å². The molecule has 10 heteroatoms. The van der Waals surface area contributed by atoms with Gasteiger partial charge in [-0.05, 0) is 12.8 Å². The van der Waals surface area contributed by atoms with Crippen molar-refractivity contribution >= 4 is 17.8 Å². The highest BCUT2D eigenvalue weighted by molar-refractivity contribution is 5.83. The minimum Gasteiger partial charge on any atom is -0.481 e. The summed E-state index contributed by atoms with van der Waals surface area (Å²) >= 11 is 0. The van der Waals surface area contributed by atoms with E-state index in [4.69, 9.17) is 21.0 Å². The van der Waals surface area contributed by atoms with Crippen LogP contribution >= 0.6 is 0 Å². The van der Waals surface area contributed by atoms with Gasteiger partial charge in [0.25, 0.3) is 0 Å². The second-order valence-electron chi connectivity index (χ2n) is 8.29. The summed E-state index contributed by atoms with van der Waals surface area (Å²) in [6.45, 7) is -0.144. The fraction of sp³-hybridized carbons (Fsp3) is 0.864. The van der Waals surface area contributed by atoms with Crippen molar-refractivity contribution in [3.05, 3.63) is 0 Å². The molecule has 0 saturated carbocycles. The molecule has 32 heavy (non-hydrogen) atoms. The number of hydrogen-bond acceptors (Lipinski definition) is 6. The van der Waals surface area contributed by atoms with Crippen molar-refractivity contribution in [2.24, 2.45) is 5.22 Å². The van der Waals surface area contributed by atoms with Crippen LogP contribution in [0.25, 0.3) is 0 Å². The quantitative estimate of drug-likeness (QED) is 0.0824. The van der Waals surface area contributed by atoms with Gasteiger partial charge in [-0.15, -0.1) is 0 Å². The van der Waals surface area contributed by atoms with Crippen molar-refractivity contribution in [2.75, 3.05) is 6.54 Å². The Labute approximate surface area is 191 Å². The van der Waals surface area contributed by atoms with Crippen LogP contribution in [0.1, 0.15) is 109 Å². The summed E-state index contributed by atoms with van der Waals surface area (Å²) in [5.41, 5.74) is 6.60. The first-order valence-electron chi connectivity index (χ1n) is 11.9. The van der Waals surface area contributed by atoms with E-state index in [2.05, 4.69) is 10.5 Å². The fourth-order valence-electron chi connectivity index (χ4n) is 3.50. The van der Waals surface area contributed by atoms with Crippen LogP contribution in [-0.4, -0.2) is 51.0 Å². The second kappa shape index (κ2) is 20.7. The van der Waals surface area contributed by atoms with Gasteiger partial charge in [-0.3, -0.25) is 14.8 Å². The third kappa shape index (κ3) is 19.7. The van der Waals surface area contributed by atoms with Gasteiger partial charge in [0.2, 0.25) is 5.91 Å². The molecule has 0 aliphatic rings. The molecule has 0 bridgehead atoms. The average molecular weight is 459 g/mol. The number of carbonyl (C=O) groups excluding carboxylic acids is 1.